The molecule has 0 saturated heterocycles. The van der Waals surface area contributed by atoms with Crippen LogP contribution in [0.1, 0.15) is 11.1 Å². The molecule has 24 heavy (non-hydrogen) atoms. The highest BCUT2D eigenvalue weighted by molar-refractivity contribution is 6.39. The van der Waals surface area contributed by atoms with Gasteiger partial charge in [-0.1, -0.05) is 29.8 Å². The number of methoxy groups -OCH3 is 1. The van der Waals surface area contributed by atoms with E-state index in [2.05, 4.69) is 15.8 Å². The molecule has 0 aliphatic carbocycles. The van der Waals surface area contributed by atoms with E-state index >= 15 is 0 Å². The van der Waals surface area contributed by atoms with Gasteiger partial charge in [0, 0.05) is 10.7 Å². The SMILES string of the molecule is COc1cccc(C=NNC(=O)C(=O)Nc2ccc(C)c(Cl)c2)c1. The summed E-state index contributed by atoms with van der Waals surface area (Å²) in [4.78, 5) is 23.5. The zero-order chi connectivity index (χ0) is 17.5. The van der Waals surface area contributed by atoms with E-state index in [0.29, 0.717) is 16.5 Å². The maximum absolute atomic E-state index is 11.8. The number of carbonyl (C=O) groups is 2. The van der Waals surface area contributed by atoms with Gasteiger partial charge in [0.1, 0.15) is 5.75 Å². The fraction of sp³-hybridized carbons (Fsp3) is 0.118. The van der Waals surface area contributed by atoms with Gasteiger partial charge in [-0.25, -0.2) is 5.43 Å². The Bertz CT molecular complexity index is 790. The Morgan fingerprint density at radius 1 is 1.17 bits per heavy atom. The highest BCUT2D eigenvalue weighted by Gasteiger charge is 2.13. The van der Waals surface area contributed by atoms with E-state index in [1.54, 1.807) is 49.6 Å². The van der Waals surface area contributed by atoms with Gasteiger partial charge in [-0.2, -0.15) is 5.10 Å². The molecule has 124 valence electrons. The van der Waals surface area contributed by atoms with E-state index in [9.17, 15) is 9.59 Å². The molecule has 0 saturated carbocycles. The predicted molar refractivity (Wildman–Crippen MR) is 93.5 cm³/mol. The lowest BCUT2D eigenvalue weighted by atomic mass is 10.2. The predicted octanol–water partition coefficient (Wildman–Crippen LogP) is 2.75. The van der Waals surface area contributed by atoms with Crippen molar-refractivity contribution >= 4 is 35.3 Å². The fourth-order valence-electron chi connectivity index (χ4n) is 1.80. The van der Waals surface area contributed by atoms with Crippen LogP contribution in [0.2, 0.25) is 5.02 Å². The molecule has 0 atom stereocenters. The van der Waals surface area contributed by atoms with Gasteiger partial charge in [-0.3, -0.25) is 9.59 Å². The monoisotopic (exact) mass is 345 g/mol. The molecule has 0 heterocycles. The highest BCUT2D eigenvalue weighted by atomic mass is 35.5. The summed E-state index contributed by atoms with van der Waals surface area (Å²) in [6.45, 7) is 1.84. The van der Waals surface area contributed by atoms with E-state index in [1.165, 1.54) is 6.21 Å². The lowest BCUT2D eigenvalue weighted by Crippen LogP contribution is -2.32. The Morgan fingerprint density at radius 2 is 1.96 bits per heavy atom. The number of aryl methyl sites for hydroxylation is 1. The van der Waals surface area contributed by atoms with E-state index in [0.717, 1.165) is 11.1 Å². The lowest BCUT2D eigenvalue weighted by Gasteiger charge is -2.05. The van der Waals surface area contributed by atoms with Crippen LogP contribution in [0.4, 0.5) is 5.69 Å². The molecule has 2 N–H and O–H groups in total. The molecular weight excluding hydrogens is 330 g/mol. The van der Waals surface area contributed by atoms with Crippen LogP contribution >= 0.6 is 11.6 Å². The van der Waals surface area contributed by atoms with Gasteiger partial charge in [0.25, 0.3) is 0 Å². The second kappa shape index (κ2) is 8.12. The number of nitrogens with zero attached hydrogens (tertiary/aromatic N) is 1. The molecule has 0 unspecified atom stereocenters. The molecule has 0 fully saturated rings. The van der Waals surface area contributed by atoms with Crippen LogP contribution in [0.25, 0.3) is 0 Å². The Labute approximate surface area is 144 Å². The van der Waals surface area contributed by atoms with Crippen LogP contribution in [-0.2, 0) is 9.59 Å². The third-order valence-corrected chi connectivity index (χ3v) is 3.52. The molecule has 0 spiro atoms. The number of rotatable bonds is 4. The third-order valence-electron chi connectivity index (χ3n) is 3.11. The summed E-state index contributed by atoms with van der Waals surface area (Å²) in [6, 6.07) is 12.1. The molecular formula is C17H16ClN3O3. The van der Waals surface area contributed by atoms with Gasteiger partial charge in [0.05, 0.1) is 13.3 Å². The van der Waals surface area contributed by atoms with Crippen molar-refractivity contribution in [3.63, 3.8) is 0 Å². The van der Waals surface area contributed by atoms with E-state index < -0.39 is 11.8 Å². The third kappa shape index (κ3) is 4.82. The molecule has 6 nitrogen and oxygen atoms in total. The van der Waals surface area contributed by atoms with Crippen molar-refractivity contribution in [1.29, 1.82) is 0 Å². The fourth-order valence-corrected chi connectivity index (χ4v) is 1.98. The Hall–Kier alpha value is -2.86. The number of hydrogen-bond donors (Lipinski definition) is 2. The maximum Gasteiger partial charge on any atom is 0.329 e. The van der Waals surface area contributed by atoms with Crippen molar-refractivity contribution in [2.45, 2.75) is 6.92 Å². The molecule has 2 aromatic rings. The molecule has 0 bridgehead atoms. The minimum absolute atomic E-state index is 0.433. The van der Waals surface area contributed by atoms with Crippen molar-refractivity contribution in [2.24, 2.45) is 5.10 Å². The first-order valence-electron chi connectivity index (χ1n) is 7.04. The summed E-state index contributed by atoms with van der Waals surface area (Å²) < 4.78 is 5.08. The summed E-state index contributed by atoms with van der Waals surface area (Å²) in [7, 11) is 1.56. The number of ether oxygens (including phenoxy) is 1. The Balaban J connectivity index is 1.92. The number of benzene rings is 2. The van der Waals surface area contributed by atoms with Gasteiger partial charge in [0.15, 0.2) is 0 Å². The van der Waals surface area contributed by atoms with Gasteiger partial charge >= 0.3 is 11.8 Å². The highest BCUT2D eigenvalue weighted by Crippen LogP contribution is 2.19. The number of nitrogens with one attached hydrogen (secondary N) is 2. The van der Waals surface area contributed by atoms with Crippen molar-refractivity contribution in [2.75, 3.05) is 12.4 Å². The first-order chi connectivity index (χ1) is 11.5. The number of halogens is 1. The minimum atomic E-state index is -0.883. The van der Waals surface area contributed by atoms with Crippen molar-refractivity contribution in [1.82, 2.24) is 5.43 Å². The van der Waals surface area contributed by atoms with Gasteiger partial charge in [0.2, 0.25) is 0 Å². The number of anilines is 1. The molecule has 0 aliphatic rings. The van der Waals surface area contributed by atoms with Crippen molar-refractivity contribution < 1.29 is 14.3 Å². The average molecular weight is 346 g/mol. The molecule has 2 rings (SSSR count). The number of amides is 2. The maximum atomic E-state index is 11.8. The standard InChI is InChI=1S/C17H16ClN3O3/c1-11-6-7-13(9-15(11)18)20-16(22)17(23)21-19-10-12-4-3-5-14(8-12)24-2/h3-10H,1-2H3,(H,20,22)(H,21,23). The summed E-state index contributed by atoms with van der Waals surface area (Å²) in [6.07, 6.45) is 1.41. The van der Waals surface area contributed by atoms with Crippen LogP contribution in [-0.4, -0.2) is 25.1 Å². The Morgan fingerprint density at radius 3 is 2.67 bits per heavy atom. The van der Waals surface area contributed by atoms with Gasteiger partial charge in [-0.15, -0.1) is 0 Å². The topological polar surface area (TPSA) is 79.8 Å². The zero-order valence-electron chi connectivity index (χ0n) is 13.2. The summed E-state index contributed by atoms with van der Waals surface area (Å²) >= 11 is 5.97. The zero-order valence-corrected chi connectivity index (χ0v) is 13.9. The molecule has 0 radical (unpaired) electrons. The van der Waals surface area contributed by atoms with Crippen molar-refractivity contribution in [3.8, 4) is 5.75 Å². The average Bonchev–Trinajstić information content (AvgIpc) is 2.58. The molecule has 0 aromatic heterocycles. The van der Waals surface area contributed by atoms with Gasteiger partial charge in [-0.05, 0) is 42.3 Å². The lowest BCUT2D eigenvalue weighted by molar-refractivity contribution is -0.136. The summed E-state index contributed by atoms with van der Waals surface area (Å²) in [5.41, 5.74) is 4.19. The second-order valence-electron chi connectivity index (χ2n) is 4.89. The van der Waals surface area contributed by atoms with Crippen LogP contribution < -0.4 is 15.5 Å². The second-order valence-corrected chi connectivity index (χ2v) is 5.30. The summed E-state index contributed by atoms with van der Waals surface area (Å²) in [5.74, 6) is -1.05. The molecule has 7 heteroatoms. The molecule has 0 aliphatic heterocycles. The van der Waals surface area contributed by atoms with Crippen LogP contribution in [0.5, 0.6) is 5.75 Å². The number of hydrogen-bond acceptors (Lipinski definition) is 4. The number of carbonyl (C=O) groups excluding carboxylic acids is 2. The normalized spacial score (nSPS) is 10.5. The first kappa shape index (κ1) is 17.5. The molecule has 2 aromatic carbocycles. The first-order valence-corrected chi connectivity index (χ1v) is 7.42. The van der Waals surface area contributed by atoms with E-state index in [-0.39, 0.29) is 0 Å². The molecule has 2 amide bonds. The smallest absolute Gasteiger partial charge is 0.329 e. The summed E-state index contributed by atoms with van der Waals surface area (Å²) in [5, 5.41) is 6.70. The number of hydrazone groups is 1. The largest absolute Gasteiger partial charge is 0.497 e. The van der Waals surface area contributed by atoms with Crippen molar-refractivity contribution in [3.05, 3.63) is 58.6 Å². The van der Waals surface area contributed by atoms with Crippen LogP contribution in [0.15, 0.2) is 47.6 Å². The quantitative estimate of drug-likeness (QED) is 0.508. The van der Waals surface area contributed by atoms with Crippen LogP contribution in [0, 0.1) is 6.92 Å². The van der Waals surface area contributed by atoms with E-state index in [1.807, 2.05) is 6.92 Å². The van der Waals surface area contributed by atoms with Gasteiger partial charge < -0.3 is 10.1 Å². The van der Waals surface area contributed by atoms with Crippen LogP contribution in [0.3, 0.4) is 0 Å². The van der Waals surface area contributed by atoms with E-state index in [4.69, 9.17) is 16.3 Å². The minimum Gasteiger partial charge on any atom is -0.497 e. The Kier molecular flexibility index (Phi) is 5.92.